The van der Waals surface area contributed by atoms with Crippen molar-refractivity contribution in [2.45, 2.75) is 70.3 Å². The van der Waals surface area contributed by atoms with Gasteiger partial charge in [0.15, 0.2) is 0 Å². The summed E-state index contributed by atoms with van der Waals surface area (Å²) < 4.78 is 25.1. The van der Waals surface area contributed by atoms with Crippen molar-refractivity contribution >= 4 is 15.9 Å². The van der Waals surface area contributed by atoms with Gasteiger partial charge in [0, 0.05) is 13.1 Å². The van der Waals surface area contributed by atoms with Crippen LogP contribution in [0.3, 0.4) is 0 Å². The quantitative estimate of drug-likeness (QED) is 0.860. The van der Waals surface area contributed by atoms with Crippen LogP contribution in [0.15, 0.2) is 0 Å². The molecule has 1 aliphatic carbocycles. The van der Waals surface area contributed by atoms with Crippen LogP contribution in [0.25, 0.3) is 0 Å². The first-order chi connectivity index (χ1) is 10.5. The molecule has 2 fully saturated rings. The Labute approximate surface area is 134 Å². The lowest BCUT2D eigenvalue weighted by molar-refractivity contribution is -0.125. The number of nitrogens with zero attached hydrogens (tertiary/aromatic N) is 1. The molecule has 0 spiro atoms. The predicted octanol–water partition coefficient (Wildman–Crippen LogP) is 2.28. The first-order valence-electron chi connectivity index (χ1n) is 8.73. The van der Waals surface area contributed by atoms with Crippen LogP contribution in [0.5, 0.6) is 0 Å². The number of sulfonamides is 1. The molecule has 1 aliphatic heterocycles. The molecule has 0 radical (unpaired) electrons. The minimum atomic E-state index is -3.30. The Morgan fingerprint density at radius 1 is 1.00 bits per heavy atom. The summed E-state index contributed by atoms with van der Waals surface area (Å²) >= 11 is 0. The molecule has 0 aromatic carbocycles. The van der Waals surface area contributed by atoms with Crippen LogP contribution in [0.4, 0.5) is 0 Å². The highest BCUT2D eigenvalue weighted by Crippen LogP contribution is 2.23. The van der Waals surface area contributed by atoms with Crippen molar-refractivity contribution < 1.29 is 13.2 Å². The molecule has 1 amide bonds. The summed E-state index contributed by atoms with van der Waals surface area (Å²) in [7, 11) is -3.30. The summed E-state index contributed by atoms with van der Waals surface area (Å²) in [6.07, 6.45) is 12.4. The van der Waals surface area contributed by atoms with E-state index in [1.807, 2.05) is 0 Å². The average Bonchev–Trinajstić information content (AvgIpc) is 2.45. The molecular weight excluding hydrogens is 300 g/mol. The second kappa shape index (κ2) is 8.29. The van der Waals surface area contributed by atoms with E-state index in [0.29, 0.717) is 25.4 Å². The lowest BCUT2D eigenvalue weighted by Crippen LogP contribution is -2.52. The van der Waals surface area contributed by atoms with Crippen molar-refractivity contribution in [1.82, 2.24) is 9.62 Å². The highest BCUT2D eigenvalue weighted by atomic mass is 32.2. The van der Waals surface area contributed by atoms with Crippen LogP contribution in [0.2, 0.25) is 0 Å². The number of rotatable bonds is 4. The molecular formula is C16H30N2O3S. The van der Waals surface area contributed by atoms with Crippen LogP contribution in [-0.2, 0) is 14.8 Å². The molecule has 1 N–H and O–H groups in total. The van der Waals surface area contributed by atoms with Gasteiger partial charge in [-0.1, -0.05) is 38.5 Å². The zero-order valence-corrected chi connectivity index (χ0v) is 14.5. The summed E-state index contributed by atoms with van der Waals surface area (Å²) in [5.41, 5.74) is 0. The Bertz CT molecular complexity index is 456. The van der Waals surface area contributed by atoms with Crippen molar-refractivity contribution in [3.8, 4) is 0 Å². The topological polar surface area (TPSA) is 66.5 Å². The molecule has 1 saturated carbocycles. The van der Waals surface area contributed by atoms with Crippen LogP contribution in [0.1, 0.15) is 64.2 Å². The SMILES string of the molecule is CS(=O)(=O)N1CCCC[C@H]1C(=O)NCC1CCCCCCC1. The normalized spacial score (nSPS) is 26.1. The van der Waals surface area contributed by atoms with Crippen molar-refractivity contribution in [2.24, 2.45) is 5.92 Å². The third kappa shape index (κ3) is 5.23. The molecule has 22 heavy (non-hydrogen) atoms. The molecule has 0 aromatic heterocycles. The molecule has 2 aliphatic rings. The molecule has 5 nitrogen and oxygen atoms in total. The number of piperidine rings is 1. The zero-order valence-electron chi connectivity index (χ0n) is 13.7. The second-order valence-electron chi connectivity index (χ2n) is 6.84. The standard InChI is InChI=1S/C16H30N2O3S/c1-22(20,21)18-12-8-7-11-15(18)16(19)17-13-14-9-5-3-2-4-6-10-14/h14-15H,2-13H2,1H3,(H,17,19)/t15-/m0/s1. The van der Waals surface area contributed by atoms with E-state index in [2.05, 4.69) is 5.32 Å². The van der Waals surface area contributed by atoms with Gasteiger partial charge in [-0.15, -0.1) is 0 Å². The molecule has 128 valence electrons. The molecule has 2 rings (SSSR count). The van der Waals surface area contributed by atoms with Crippen molar-refractivity contribution in [2.75, 3.05) is 19.3 Å². The Kier molecular flexibility index (Phi) is 6.68. The van der Waals surface area contributed by atoms with Crippen molar-refractivity contribution in [1.29, 1.82) is 0 Å². The van der Waals surface area contributed by atoms with Crippen LogP contribution >= 0.6 is 0 Å². The number of hydrogen-bond donors (Lipinski definition) is 1. The number of hydrogen-bond acceptors (Lipinski definition) is 3. The number of nitrogens with one attached hydrogen (secondary N) is 1. The average molecular weight is 330 g/mol. The maximum atomic E-state index is 12.4. The fourth-order valence-electron chi connectivity index (χ4n) is 3.67. The van der Waals surface area contributed by atoms with E-state index >= 15 is 0 Å². The third-order valence-corrected chi connectivity index (χ3v) is 6.26. The fourth-order valence-corrected chi connectivity index (χ4v) is 4.80. The number of carbonyl (C=O) groups excluding carboxylic acids is 1. The third-order valence-electron chi connectivity index (χ3n) is 4.97. The van der Waals surface area contributed by atoms with Gasteiger partial charge in [0.25, 0.3) is 0 Å². The minimum Gasteiger partial charge on any atom is -0.354 e. The predicted molar refractivity (Wildman–Crippen MR) is 88.0 cm³/mol. The van der Waals surface area contributed by atoms with E-state index in [0.717, 1.165) is 12.8 Å². The van der Waals surface area contributed by atoms with Crippen LogP contribution in [-0.4, -0.2) is 44.0 Å². The molecule has 6 heteroatoms. The summed E-state index contributed by atoms with van der Waals surface area (Å²) in [4.78, 5) is 12.4. The molecule has 0 bridgehead atoms. The number of carbonyl (C=O) groups is 1. The van der Waals surface area contributed by atoms with E-state index in [1.165, 1.54) is 55.5 Å². The Hall–Kier alpha value is -0.620. The largest absolute Gasteiger partial charge is 0.354 e. The summed E-state index contributed by atoms with van der Waals surface area (Å²) in [6, 6.07) is -0.502. The Balaban J connectivity index is 1.86. The van der Waals surface area contributed by atoms with Crippen LogP contribution in [0, 0.1) is 5.92 Å². The van der Waals surface area contributed by atoms with Gasteiger partial charge in [-0.25, -0.2) is 8.42 Å². The lowest BCUT2D eigenvalue weighted by atomic mass is 9.91. The van der Waals surface area contributed by atoms with Gasteiger partial charge in [-0.3, -0.25) is 4.79 Å². The van der Waals surface area contributed by atoms with Gasteiger partial charge >= 0.3 is 0 Å². The summed E-state index contributed by atoms with van der Waals surface area (Å²) in [6.45, 7) is 1.17. The van der Waals surface area contributed by atoms with Gasteiger partial charge in [0.1, 0.15) is 6.04 Å². The monoisotopic (exact) mass is 330 g/mol. The fraction of sp³-hybridized carbons (Fsp3) is 0.938. The summed E-state index contributed by atoms with van der Waals surface area (Å²) in [5, 5.41) is 3.03. The first-order valence-corrected chi connectivity index (χ1v) is 10.6. The number of amides is 1. The Morgan fingerprint density at radius 3 is 2.23 bits per heavy atom. The van der Waals surface area contributed by atoms with E-state index in [4.69, 9.17) is 0 Å². The van der Waals surface area contributed by atoms with E-state index < -0.39 is 16.1 Å². The molecule has 1 heterocycles. The lowest BCUT2D eigenvalue weighted by Gasteiger charge is -2.33. The Morgan fingerprint density at radius 2 is 1.59 bits per heavy atom. The molecule has 0 aromatic rings. The van der Waals surface area contributed by atoms with E-state index in [9.17, 15) is 13.2 Å². The van der Waals surface area contributed by atoms with E-state index in [1.54, 1.807) is 0 Å². The maximum Gasteiger partial charge on any atom is 0.238 e. The molecule has 1 saturated heterocycles. The highest BCUT2D eigenvalue weighted by Gasteiger charge is 2.34. The maximum absolute atomic E-state index is 12.4. The second-order valence-corrected chi connectivity index (χ2v) is 8.78. The van der Waals surface area contributed by atoms with Gasteiger partial charge in [-0.2, -0.15) is 4.31 Å². The van der Waals surface area contributed by atoms with Gasteiger partial charge in [0.2, 0.25) is 15.9 Å². The smallest absolute Gasteiger partial charge is 0.238 e. The first kappa shape index (κ1) is 17.7. The van der Waals surface area contributed by atoms with Gasteiger partial charge in [0.05, 0.1) is 6.26 Å². The summed E-state index contributed by atoms with van der Waals surface area (Å²) in [5.74, 6) is 0.451. The van der Waals surface area contributed by atoms with Crippen LogP contribution < -0.4 is 5.32 Å². The molecule has 1 atom stereocenters. The van der Waals surface area contributed by atoms with Gasteiger partial charge < -0.3 is 5.32 Å². The van der Waals surface area contributed by atoms with Crippen molar-refractivity contribution in [3.05, 3.63) is 0 Å². The minimum absolute atomic E-state index is 0.104. The zero-order chi connectivity index (χ0) is 16.0. The highest BCUT2D eigenvalue weighted by molar-refractivity contribution is 7.88. The van der Waals surface area contributed by atoms with Crippen molar-refractivity contribution in [3.63, 3.8) is 0 Å². The molecule has 0 unspecified atom stereocenters. The van der Waals surface area contributed by atoms with E-state index in [-0.39, 0.29) is 5.91 Å². The van der Waals surface area contributed by atoms with Gasteiger partial charge in [-0.05, 0) is 31.6 Å².